The van der Waals surface area contributed by atoms with E-state index < -0.39 is 0 Å². The molecule has 0 atom stereocenters. The third-order valence-electron chi connectivity index (χ3n) is 13.3. The van der Waals surface area contributed by atoms with E-state index in [0.717, 1.165) is 90.1 Å². The lowest BCUT2D eigenvalue weighted by Gasteiger charge is -2.27. The minimum absolute atomic E-state index is 1.08. The van der Waals surface area contributed by atoms with Crippen molar-refractivity contribution >= 4 is 89.8 Å². The molecule has 0 bridgehead atoms. The first-order valence-electron chi connectivity index (χ1n) is 24.5. The van der Waals surface area contributed by atoms with Crippen molar-refractivity contribution in [1.82, 2.24) is 0 Å². The molecule has 0 fully saturated rings. The van der Waals surface area contributed by atoms with Gasteiger partial charge in [-0.1, -0.05) is 158 Å². The van der Waals surface area contributed by atoms with Gasteiger partial charge in [0.1, 0.15) is 0 Å². The second kappa shape index (κ2) is 19.8. The van der Waals surface area contributed by atoms with Crippen molar-refractivity contribution in [3.05, 3.63) is 303 Å². The number of para-hydroxylation sites is 6. The number of hydrogen-bond acceptors (Lipinski definition) is 4. The van der Waals surface area contributed by atoms with Gasteiger partial charge in [0.2, 0.25) is 0 Å². The lowest BCUT2D eigenvalue weighted by molar-refractivity contribution is 1.28. The molecule has 0 aromatic heterocycles. The Labute approximate surface area is 421 Å². The molecule has 0 heterocycles. The Morgan fingerprint density at radius 1 is 0.139 bits per heavy atom. The first-order valence-corrected chi connectivity index (χ1v) is 24.5. The van der Waals surface area contributed by atoms with Crippen LogP contribution in [0.2, 0.25) is 0 Å². The largest absolute Gasteiger partial charge is 0.310 e. The first-order chi connectivity index (χ1) is 35.7. The monoisotopic (exact) mass is 922 g/mol. The topological polar surface area (TPSA) is 13.0 Å². The van der Waals surface area contributed by atoms with Gasteiger partial charge in [-0.05, 0) is 178 Å². The zero-order chi connectivity index (χ0) is 48.1. The van der Waals surface area contributed by atoms with E-state index in [9.17, 15) is 0 Å². The molecule has 72 heavy (non-hydrogen) atoms. The van der Waals surface area contributed by atoms with Crippen molar-refractivity contribution in [3.8, 4) is 11.1 Å². The minimum Gasteiger partial charge on any atom is -0.310 e. The van der Waals surface area contributed by atoms with E-state index in [0.29, 0.717) is 0 Å². The summed E-state index contributed by atoms with van der Waals surface area (Å²) < 4.78 is 0. The maximum Gasteiger partial charge on any atom is 0.0468 e. The summed E-state index contributed by atoms with van der Waals surface area (Å²) in [6.45, 7) is 0. The molecule has 0 unspecified atom stereocenters. The molecule has 0 saturated carbocycles. The Morgan fingerprint density at radius 3 is 0.528 bits per heavy atom. The molecule has 0 radical (unpaired) electrons. The number of anilines is 12. The summed E-state index contributed by atoms with van der Waals surface area (Å²) in [5, 5.41) is 4.69. The molecule has 342 valence electrons. The third-order valence-corrected chi connectivity index (χ3v) is 13.3. The van der Waals surface area contributed by atoms with Gasteiger partial charge in [-0.15, -0.1) is 0 Å². The Hall–Kier alpha value is -9.64. The fraction of sp³-hybridized carbons (Fsp3) is 0. The maximum absolute atomic E-state index is 2.34. The molecule has 0 amide bonds. The van der Waals surface area contributed by atoms with Crippen molar-refractivity contribution in [2.24, 2.45) is 0 Å². The van der Waals surface area contributed by atoms with Gasteiger partial charge in [0.15, 0.2) is 0 Å². The Bertz CT molecular complexity index is 3390. The predicted molar refractivity (Wildman–Crippen MR) is 306 cm³/mol. The molecule has 4 heteroatoms. The highest BCUT2D eigenvalue weighted by Crippen LogP contribution is 2.42. The smallest absolute Gasteiger partial charge is 0.0468 e. The molecule has 0 saturated heterocycles. The molecule has 0 spiro atoms. The second-order valence-electron chi connectivity index (χ2n) is 17.9. The zero-order valence-electron chi connectivity index (χ0n) is 39.7. The summed E-state index contributed by atoms with van der Waals surface area (Å²) in [5.41, 5.74) is 15.5. The molecule has 0 aliphatic rings. The van der Waals surface area contributed by atoms with Gasteiger partial charge in [0.25, 0.3) is 0 Å². The molecule has 0 aliphatic heterocycles. The number of benzene rings is 12. The van der Waals surface area contributed by atoms with E-state index in [4.69, 9.17) is 0 Å². The lowest BCUT2D eigenvalue weighted by Crippen LogP contribution is -2.10. The predicted octanol–water partition coefficient (Wildman–Crippen LogP) is 19.5. The molecular weight excluding hydrogens is 873 g/mol. The van der Waals surface area contributed by atoms with Crippen LogP contribution in [0, 0.1) is 0 Å². The summed E-state index contributed by atoms with van der Waals surface area (Å²) in [4.78, 5) is 9.32. The van der Waals surface area contributed by atoms with Crippen LogP contribution in [0.3, 0.4) is 0 Å². The first kappa shape index (κ1) is 43.6. The van der Waals surface area contributed by atoms with E-state index in [-0.39, 0.29) is 0 Å². The van der Waals surface area contributed by atoms with E-state index in [1.807, 2.05) is 0 Å². The van der Waals surface area contributed by atoms with Crippen molar-refractivity contribution in [2.45, 2.75) is 0 Å². The molecule has 4 nitrogen and oxygen atoms in total. The molecule has 0 N–H and O–H groups in total. The number of nitrogens with zero attached hydrogens (tertiary/aromatic N) is 4. The summed E-state index contributed by atoms with van der Waals surface area (Å²) in [5.74, 6) is 0. The number of rotatable bonds is 13. The van der Waals surface area contributed by atoms with Crippen LogP contribution in [-0.4, -0.2) is 0 Å². The van der Waals surface area contributed by atoms with Gasteiger partial charge in [-0.25, -0.2) is 0 Å². The highest BCUT2D eigenvalue weighted by atomic mass is 15.2. The quantitative estimate of drug-likeness (QED) is 0.114. The van der Waals surface area contributed by atoms with Gasteiger partial charge in [0, 0.05) is 68.2 Å². The van der Waals surface area contributed by atoms with Gasteiger partial charge in [-0.3, -0.25) is 0 Å². The van der Waals surface area contributed by atoms with E-state index in [1.54, 1.807) is 0 Å². The van der Waals surface area contributed by atoms with Crippen molar-refractivity contribution in [3.63, 3.8) is 0 Å². The van der Waals surface area contributed by atoms with Gasteiger partial charge in [0.05, 0.1) is 0 Å². The van der Waals surface area contributed by atoms with Crippen LogP contribution >= 0.6 is 0 Å². The SMILES string of the molecule is c1ccc(N(c2ccccc2)c2ccc3ccc(N(c4ccccc4)c4ccc(-c5ccc(N(c6ccccc6)c6ccc7ccc(N(c8ccccc8)c8ccccc8)cc7c6)cc5)cc4)cc3c2)cc1. The van der Waals surface area contributed by atoms with E-state index in [1.165, 1.54) is 10.8 Å². The van der Waals surface area contributed by atoms with E-state index in [2.05, 4.69) is 323 Å². The van der Waals surface area contributed by atoms with Crippen LogP contribution in [-0.2, 0) is 0 Å². The van der Waals surface area contributed by atoms with Crippen LogP contribution in [0.4, 0.5) is 68.2 Å². The summed E-state index contributed by atoms with van der Waals surface area (Å²) in [6.07, 6.45) is 0. The van der Waals surface area contributed by atoms with Crippen molar-refractivity contribution in [2.75, 3.05) is 19.6 Å². The zero-order valence-corrected chi connectivity index (χ0v) is 39.7. The van der Waals surface area contributed by atoms with Crippen LogP contribution in [0.5, 0.6) is 0 Å². The normalized spacial score (nSPS) is 11.1. The maximum atomic E-state index is 2.34. The number of hydrogen-bond donors (Lipinski definition) is 0. The van der Waals surface area contributed by atoms with Gasteiger partial charge >= 0.3 is 0 Å². The summed E-state index contributed by atoms with van der Waals surface area (Å²) in [7, 11) is 0. The van der Waals surface area contributed by atoms with Crippen molar-refractivity contribution < 1.29 is 0 Å². The van der Waals surface area contributed by atoms with E-state index >= 15 is 0 Å². The average molecular weight is 923 g/mol. The summed E-state index contributed by atoms with van der Waals surface area (Å²) >= 11 is 0. The third kappa shape index (κ3) is 8.93. The van der Waals surface area contributed by atoms with Crippen molar-refractivity contribution in [1.29, 1.82) is 0 Å². The van der Waals surface area contributed by atoms with Crippen LogP contribution < -0.4 is 19.6 Å². The molecule has 12 aromatic rings. The molecule has 0 aliphatic carbocycles. The highest BCUT2D eigenvalue weighted by Gasteiger charge is 2.19. The minimum atomic E-state index is 1.08. The van der Waals surface area contributed by atoms with Crippen LogP contribution in [0.1, 0.15) is 0 Å². The Kier molecular flexibility index (Phi) is 12.0. The summed E-state index contributed by atoms with van der Waals surface area (Å²) in [6, 6.07) is 109. The highest BCUT2D eigenvalue weighted by molar-refractivity contribution is 5.95. The fourth-order valence-corrected chi connectivity index (χ4v) is 9.86. The van der Waals surface area contributed by atoms with Gasteiger partial charge < -0.3 is 19.6 Å². The average Bonchev–Trinajstić information content (AvgIpc) is 3.45. The molecular formula is C68H50N4. The lowest BCUT2D eigenvalue weighted by atomic mass is 10.0. The van der Waals surface area contributed by atoms with Crippen LogP contribution in [0.15, 0.2) is 303 Å². The number of fused-ring (bicyclic) bond motifs is 2. The second-order valence-corrected chi connectivity index (χ2v) is 17.9. The standard InChI is InChI=1S/C68H50N4/c1-7-19-57(20-8-1)69(58-21-9-2-10-22-58)65-43-35-53-37-45-67(49-55(53)47-65)71(61-27-15-5-16-28-61)63-39-31-51(32-40-63)52-33-41-64(42-34-52)72(62-29-17-6-18-30-62)68-46-38-54-36-44-66(48-56(54)50-68)70(59-23-11-3-12-24-59)60-25-13-4-14-26-60/h1-50H. The van der Waals surface area contributed by atoms with Crippen LogP contribution in [0.25, 0.3) is 32.7 Å². The molecule has 12 rings (SSSR count). The molecule has 12 aromatic carbocycles. The van der Waals surface area contributed by atoms with Gasteiger partial charge in [-0.2, -0.15) is 0 Å². The Morgan fingerprint density at radius 2 is 0.319 bits per heavy atom. The fourth-order valence-electron chi connectivity index (χ4n) is 9.86. The Balaban J connectivity index is 0.860.